The number of rotatable bonds is 7. The van der Waals surface area contributed by atoms with E-state index >= 15 is 0 Å². The van der Waals surface area contributed by atoms with Crippen LogP contribution < -0.4 is 10.9 Å². The van der Waals surface area contributed by atoms with Gasteiger partial charge in [-0.3, -0.25) is 25.1 Å². The van der Waals surface area contributed by atoms with Crippen LogP contribution >= 0.6 is 0 Å². The van der Waals surface area contributed by atoms with Crippen molar-refractivity contribution >= 4 is 11.8 Å². The van der Waals surface area contributed by atoms with Crippen LogP contribution in [-0.4, -0.2) is 41.8 Å². The van der Waals surface area contributed by atoms with Crippen molar-refractivity contribution in [3.05, 3.63) is 120 Å². The van der Waals surface area contributed by atoms with Crippen LogP contribution in [0.4, 0.5) is 0 Å². The minimum absolute atomic E-state index is 0.405. The predicted octanol–water partition coefficient (Wildman–Crippen LogP) is 2.71. The van der Waals surface area contributed by atoms with Gasteiger partial charge in [0.05, 0.1) is 13.1 Å². The number of nitrogens with zero attached hydrogens (tertiary/aromatic N) is 6. The number of carbonyl (C=O) groups is 2. The van der Waals surface area contributed by atoms with Gasteiger partial charge in [0, 0.05) is 29.1 Å². The molecule has 178 valence electrons. The van der Waals surface area contributed by atoms with Gasteiger partial charge in [0.2, 0.25) is 5.82 Å². The second-order valence-electron chi connectivity index (χ2n) is 8.02. The maximum Gasteiger partial charge on any atom is 0.269 e. The molecule has 0 fully saturated rings. The third-order valence-electron chi connectivity index (χ3n) is 5.43. The zero-order valence-corrected chi connectivity index (χ0v) is 19.2. The van der Waals surface area contributed by atoms with Crippen molar-refractivity contribution < 1.29 is 9.59 Å². The predicted molar refractivity (Wildman–Crippen MR) is 132 cm³/mol. The van der Waals surface area contributed by atoms with Crippen LogP contribution in [-0.2, 0) is 13.1 Å². The Bertz CT molecular complexity index is 1440. The third kappa shape index (κ3) is 5.50. The maximum atomic E-state index is 12.5. The Morgan fingerprint density at radius 3 is 1.92 bits per heavy atom. The molecule has 0 spiro atoms. The molecular weight excluding hydrogens is 456 g/mol. The van der Waals surface area contributed by atoms with Gasteiger partial charge in [-0.1, -0.05) is 54.6 Å². The lowest BCUT2D eigenvalue weighted by atomic mass is 10.1. The van der Waals surface area contributed by atoms with E-state index in [1.54, 1.807) is 47.3 Å². The molecular formula is C26H22N8O2. The van der Waals surface area contributed by atoms with Crippen molar-refractivity contribution in [1.82, 2.24) is 40.8 Å². The number of hydrogen-bond acceptors (Lipinski definition) is 6. The standard InChI is InChI=1S/C26H22N8O2/c35-25(22-11-7-19(8-12-22)17-33-16-4-15-27-33)29-30-26(36)23-13-9-20(10-14-23)18-34-31-24(28-32-34)21-5-2-1-3-6-21/h1-16H,17-18H2,(H,29,35)(H,30,36). The number of hydrazine groups is 1. The Kier molecular flexibility index (Phi) is 6.57. The summed E-state index contributed by atoms with van der Waals surface area (Å²) in [4.78, 5) is 26.4. The first-order chi connectivity index (χ1) is 17.6. The molecule has 2 N–H and O–H groups in total. The smallest absolute Gasteiger partial charge is 0.268 e. The van der Waals surface area contributed by atoms with Crippen molar-refractivity contribution in [3.8, 4) is 11.4 Å². The van der Waals surface area contributed by atoms with E-state index in [-0.39, 0.29) is 0 Å². The number of carbonyl (C=O) groups excluding carboxylic acids is 2. The summed E-state index contributed by atoms with van der Waals surface area (Å²) in [6.07, 6.45) is 3.59. The molecule has 36 heavy (non-hydrogen) atoms. The summed E-state index contributed by atoms with van der Waals surface area (Å²) in [5.41, 5.74) is 8.54. The molecule has 0 bridgehead atoms. The molecule has 0 saturated heterocycles. The molecule has 0 aliphatic rings. The summed E-state index contributed by atoms with van der Waals surface area (Å²) < 4.78 is 1.80. The van der Waals surface area contributed by atoms with Gasteiger partial charge in [0.25, 0.3) is 11.8 Å². The van der Waals surface area contributed by atoms with Crippen LogP contribution in [0.1, 0.15) is 31.8 Å². The molecule has 5 aromatic rings. The van der Waals surface area contributed by atoms with E-state index in [2.05, 4.69) is 31.4 Å². The monoisotopic (exact) mass is 478 g/mol. The highest BCUT2D eigenvalue weighted by atomic mass is 16.2. The molecule has 5 rings (SSSR count). The highest BCUT2D eigenvalue weighted by Gasteiger charge is 2.11. The number of benzene rings is 3. The van der Waals surface area contributed by atoms with Crippen molar-refractivity contribution in [2.45, 2.75) is 13.1 Å². The molecule has 2 amide bonds. The quantitative estimate of drug-likeness (QED) is 0.347. The Morgan fingerprint density at radius 1 is 0.722 bits per heavy atom. The summed E-state index contributed by atoms with van der Waals surface area (Å²) in [5.74, 6) is -0.276. The van der Waals surface area contributed by atoms with Gasteiger partial charge in [-0.05, 0) is 46.7 Å². The molecule has 0 saturated carbocycles. The van der Waals surface area contributed by atoms with Crippen molar-refractivity contribution in [1.29, 1.82) is 0 Å². The topological polar surface area (TPSA) is 120 Å². The summed E-state index contributed by atoms with van der Waals surface area (Å²) in [7, 11) is 0. The first-order valence-corrected chi connectivity index (χ1v) is 11.2. The summed E-state index contributed by atoms with van der Waals surface area (Å²) in [6, 6.07) is 25.5. The van der Waals surface area contributed by atoms with Crippen LogP contribution in [0, 0.1) is 0 Å². The van der Waals surface area contributed by atoms with E-state index < -0.39 is 11.8 Å². The van der Waals surface area contributed by atoms with Gasteiger partial charge in [-0.25, -0.2) is 0 Å². The van der Waals surface area contributed by atoms with E-state index in [1.807, 2.05) is 54.7 Å². The molecule has 0 unspecified atom stereocenters. The molecule has 0 radical (unpaired) electrons. The SMILES string of the molecule is O=C(NNC(=O)c1ccc(Cn2nnc(-c3ccccc3)n2)cc1)c1ccc(Cn2cccn2)cc1. The van der Waals surface area contributed by atoms with Crippen LogP contribution in [0.3, 0.4) is 0 Å². The Balaban J connectivity index is 1.13. The van der Waals surface area contributed by atoms with Gasteiger partial charge >= 0.3 is 0 Å². The van der Waals surface area contributed by atoms with Crippen LogP contribution in [0.5, 0.6) is 0 Å². The van der Waals surface area contributed by atoms with E-state index in [4.69, 9.17) is 0 Å². The average molecular weight is 479 g/mol. The van der Waals surface area contributed by atoms with Gasteiger partial charge in [0.15, 0.2) is 0 Å². The number of nitrogens with one attached hydrogen (secondary N) is 2. The number of hydrogen-bond donors (Lipinski definition) is 2. The lowest BCUT2D eigenvalue weighted by molar-refractivity contribution is 0.0846. The summed E-state index contributed by atoms with van der Waals surface area (Å²) in [6.45, 7) is 1.03. The summed E-state index contributed by atoms with van der Waals surface area (Å²) >= 11 is 0. The van der Waals surface area contributed by atoms with E-state index in [0.717, 1.165) is 16.7 Å². The lowest BCUT2D eigenvalue weighted by Gasteiger charge is -2.09. The number of amides is 2. The number of tetrazole rings is 1. The highest BCUT2D eigenvalue weighted by Crippen LogP contribution is 2.13. The van der Waals surface area contributed by atoms with Crippen molar-refractivity contribution in [2.24, 2.45) is 0 Å². The van der Waals surface area contributed by atoms with Crippen molar-refractivity contribution in [2.75, 3.05) is 0 Å². The lowest BCUT2D eigenvalue weighted by Crippen LogP contribution is -2.41. The molecule has 10 heteroatoms. The zero-order chi connectivity index (χ0) is 24.7. The molecule has 0 atom stereocenters. The van der Waals surface area contributed by atoms with Gasteiger partial charge < -0.3 is 0 Å². The molecule has 3 aromatic carbocycles. The second-order valence-corrected chi connectivity index (χ2v) is 8.02. The van der Waals surface area contributed by atoms with Crippen LogP contribution in [0.15, 0.2) is 97.3 Å². The third-order valence-corrected chi connectivity index (χ3v) is 5.43. The van der Waals surface area contributed by atoms with E-state index in [0.29, 0.717) is 30.0 Å². The first-order valence-electron chi connectivity index (χ1n) is 11.2. The van der Waals surface area contributed by atoms with Gasteiger partial charge in [-0.15, -0.1) is 10.2 Å². The fourth-order valence-corrected chi connectivity index (χ4v) is 3.54. The minimum atomic E-state index is -0.421. The molecule has 0 aliphatic carbocycles. The number of aromatic nitrogens is 6. The maximum absolute atomic E-state index is 12.5. The fourth-order valence-electron chi connectivity index (χ4n) is 3.54. The van der Waals surface area contributed by atoms with E-state index in [1.165, 1.54) is 4.80 Å². The Hall–Kier alpha value is -5.12. The van der Waals surface area contributed by atoms with E-state index in [9.17, 15) is 9.59 Å². The zero-order valence-electron chi connectivity index (χ0n) is 19.2. The Morgan fingerprint density at radius 2 is 1.33 bits per heavy atom. The normalized spacial score (nSPS) is 10.7. The van der Waals surface area contributed by atoms with Crippen LogP contribution in [0.2, 0.25) is 0 Å². The molecule has 0 aliphatic heterocycles. The van der Waals surface area contributed by atoms with Gasteiger partial charge in [0.1, 0.15) is 0 Å². The van der Waals surface area contributed by atoms with Crippen LogP contribution in [0.25, 0.3) is 11.4 Å². The second kappa shape index (κ2) is 10.4. The molecule has 2 heterocycles. The molecule has 10 nitrogen and oxygen atoms in total. The average Bonchev–Trinajstić information content (AvgIpc) is 3.61. The van der Waals surface area contributed by atoms with Gasteiger partial charge in [-0.2, -0.15) is 9.90 Å². The largest absolute Gasteiger partial charge is 0.269 e. The first kappa shape index (κ1) is 22.7. The highest BCUT2D eigenvalue weighted by molar-refractivity contribution is 5.99. The molecule has 2 aromatic heterocycles. The van der Waals surface area contributed by atoms with Crippen molar-refractivity contribution in [3.63, 3.8) is 0 Å². The summed E-state index contributed by atoms with van der Waals surface area (Å²) in [5, 5.41) is 16.7. The minimum Gasteiger partial charge on any atom is -0.268 e. The Labute approximate surface area is 206 Å². The fraction of sp³-hybridized carbons (Fsp3) is 0.0769.